The molecule has 0 fully saturated rings. The minimum Gasteiger partial charge on any atom is -0.358 e. The van der Waals surface area contributed by atoms with Gasteiger partial charge in [0.1, 0.15) is 16.9 Å². The normalized spacial score (nSPS) is 11.7. The SMILES string of the molecule is CCCc1nc2c(Cl)cc(N/C(=N\C#N)NC)cc2n1Cc1ccc(-c2ccccc2-c2nnnn2C(c2ccccc2)(c2ccccc2)c2ccccc2)cc1. The Morgan fingerprint density at radius 1 is 0.789 bits per heavy atom. The van der Waals surface area contributed by atoms with Crippen molar-refractivity contribution in [3.63, 3.8) is 0 Å². The molecule has 0 amide bonds. The van der Waals surface area contributed by atoms with Gasteiger partial charge in [0.05, 0.1) is 10.5 Å². The van der Waals surface area contributed by atoms with Gasteiger partial charge in [-0.15, -0.1) is 10.1 Å². The van der Waals surface area contributed by atoms with Gasteiger partial charge in [-0.25, -0.2) is 9.67 Å². The maximum absolute atomic E-state index is 9.10. The Morgan fingerprint density at radius 2 is 1.39 bits per heavy atom. The predicted octanol–water partition coefficient (Wildman–Crippen LogP) is 9.32. The summed E-state index contributed by atoms with van der Waals surface area (Å²) in [6.07, 6.45) is 3.54. The molecule has 0 atom stereocenters. The number of rotatable bonds is 11. The Kier molecular flexibility index (Phi) is 10.6. The van der Waals surface area contributed by atoms with Crippen molar-refractivity contribution in [2.24, 2.45) is 4.99 Å². The lowest BCUT2D eigenvalue weighted by Crippen LogP contribution is -2.39. The van der Waals surface area contributed by atoms with Crippen molar-refractivity contribution >= 4 is 34.3 Å². The molecule has 0 aliphatic rings. The van der Waals surface area contributed by atoms with Crippen LogP contribution in [0.5, 0.6) is 0 Å². The van der Waals surface area contributed by atoms with E-state index in [-0.39, 0.29) is 0 Å². The molecule has 11 heteroatoms. The van der Waals surface area contributed by atoms with Crippen LogP contribution in [0, 0.1) is 11.5 Å². The zero-order valence-electron chi connectivity index (χ0n) is 31.5. The molecule has 0 unspecified atom stereocenters. The van der Waals surface area contributed by atoms with Crippen molar-refractivity contribution in [3.8, 4) is 28.7 Å². The van der Waals surface area contributed by atoms with Gasteiger partial charge in [-0.2, -0.15) is 5.26 Å². The first-order chi connectivity index (χ1) is 28.0. The summed E-state index contributed by atoms with van der Waals surface area (Å²) in [5, 5.41) is 29.5. The Bertz CT molecular complexity index is 2600. The summed E-state index contributed by atoms with van der Waals surface area (Å²) >= 11 is 6.79. The molecule has 8 aromatic rings. The summed E-state index contributed by atoms with van der Waals surface area (Å²) < 4.78 is 4.18. The van der Waals surface area contributed by atoms with E-state index in [2.05, 4.69) is 142 Å². The number of aryl methyl sites for hydroxylation is 1. The van der Waals surface area contributed by atoms with Gasteiger partial charge in [0.2, 0.25) is 12.2 Å². The molecule has 280 valence electrons. The molecule has 0 aliphatic carbocycles. The fourth-order valence-corrected chi connectivity index (χ4v) is 7.87. The second kappa shape index (κ2) is 16.3. The van der Waals surface area contributed by atoms with E-state index in [0.29, 0.717) is 29.0 Å². The molecule has 0 spiro atoms. The Hall–Kier alpha value is -7.09. The quantitative estimate of drug-likeness (QED) is 0.0583. The number of tetrazole rings is 1. The maximum atomic E-state index is 9.10. The highest BCUT2D eigenvalue weighted by Crippen LogP contribution is 2.43. The van der Waals surface area contributed by atoms with E-state index >= 15 is 0 Å². The summed E-state index contributed by atoms with van der Waals surface area (Å²) in [5.41, 5.74) is 8.60. The Balaban J connectivity index is 1.20. The van der Waals surface area contributed by atoms with Gasteiger partial charge >= 0.3 is 0 Å². The van der Waals surface area contributed by atoms with E-state index in [9.17, 15) is 0 Å². The highest BCUT2D eigenvalue weighted by atomic mass is 35.5. The third-order valence-electron chi connectivity index (χ3n) is 10.2. The molecule has 0 saturated carbocycles. The van der Waals surface area contributed by atoms with Crippen molar-refractivity contribution in [2.45, 2.75) is 31.8 Å². The second-order valence-corrected chi connectivity index (χ2v) is 14.0. The maximum Gasteiger partial charge on any atom is 0.211 e. The Morgan fingerprint density at radius 3 is 1.96 bits per heavy atom. The molecule has 6 aromatic carbocycles. The average Bonchev–Trinajstić information content (AvgIpc) is 3.88. The van der Waals surface area contributed by atoms with Crippen molar-refractivity contribution < 1.29 is 0 Å². The monoisotopic (exact) mass is 766 g/mol. The zero-order chi connectivity index (χ0) is 39.2. The van der Waals surface area contributed by atoms with Crippen LogP contribution < -0.4 is 10.6 Å². The highest BCUT2D eigenvalue weighted by molar-refractivity contribution is 6.35. The second-order valence-electron chi connectivity index (χ2n) is 13.6. The number of hydrogen-bond acceptors (Lipinski definition) is 6. The van der Waals surface area contributed by atoms with Crippen molar-refractivity contribution in [3.05, 3.63) is 185 Å². The minimum absolute atomic E-state index is 0.323. The van der Waals surface area contributed by atoms with E-state index < -0.39 is 5.54 Å². The number of nitrogens with zero attached hydrogens (tertiary/aromatic N) is 8. The molecular formula is C46H39ClN10. The summed E-state index contributed by atoms with van der Waals surface area (Å²) in [5.74, 6) is 1.91. The molecular weight excluding hydrogens is 728 g/mol. The first-order valence-electron chi connectivity index (χ1n) is 18.8. The van der Waals surface area contributed by atoms with Crippen LogP contribution in [-0.4, -0.2) is 42.8 Å². The lowest BCUT2D eigenvalue weighted by atomic mass is 9.77. The van der Waals surface area contributed by atoms with E-state index in [1.165, 1.54) is 0 Å². The molecule has 57 heavy (non-hydrogen) atoms. The number of imidazole rings is 1. The van der Waals surface area contributed by atoms with Gasteiger partial charge in [-0.1, -0.05) is 158 Å². The van der Waals surface area contributed by atoms with Gasteiger partial charge in [-0.3, -0.25) is 0 Å². The molecule has 2 aromatic heterocycles. The summed E-state index contributed by atoms with van der Waals surface area (Å²) in [4.78, 5) is 8.77. The summed E-state index contributed by atoms with van der Waals surface area (Å²) in [7, 11) is 1.70. The number of guanidine groups is 1. The fourth-order valence-electron chi connectivity index (χ4n) is 7.61. The standard InChI is InChI=1S/C46H39ClN10/c1-3-15-42-52-43-40(47)28-37(51-45(49-2)50-31-48)29-41(43)56(42)30-32-24-26-33(27-25-32)38-22-13-14-23-39(38)44-53-54-55-57(44)46(34-16-7-4-8-17-34,35-18-9-5-10-19-35)36-20-11-6-12-21-36/h4-14,16-29H,3,15,30H2,1-2H3,(H2,49,50,51). The molecule has 2 N–H and O–H groups in total. The van der Waals surface area contributed by atoms with Gasteiger partial charge < -0.3 is 15.2 Å². The number of hydrogen-bond donors (Lipinski definition) is 2. The van der Waals surface area contributed by atoms with Crippen LogP contribution in [0.3, 0.4) is 0 Å². The van der Waals surface area contributed by atoms with E-state index in [1.807, 2.05) is 47.3 Å². The number of nitrogens with one attached hydrogen (secondary N) is 2. The first kappa shape index (κ1) is 36.9. The lowest BCUT2D eigenvalue weighted by molar-refractivity contribution is 0.451. The molecule has 0 saturated heterocycles. The number of halogens is 1. The van der Waals surface area contributed by atoms with Gasteiger partial charge in [0.25, 0.3) is 0 Å². The smallest absolute Gasteiger partial charge is 0.211 e. The number of aromatic nitrogens is 6. The third-order valence-corrected chi connectivity index (χ3v) is 10.4. The number of benzene rings is 6. The topological polar surface area (TPSA) is 122 Å². The van der Waals surface area contributed by atoms with Crippen LogP contribution in [-0.2, 0) is 18.5 Å². The zero-order valence-corrected chi connectivity index (χ0v) is 32.3. The van der Waals surface area contributed by atoms with Crippen molar-refractivity contribution in [2.75, 3.05) is 12.4 Å². The largest absolute Gasteiger partial charge is 0.358 e. The van der Waals surface area contributed by atoms with E-state index in [4.69, 9.17) is 32.2 Å². The molecule has 0 aliphatic heterocycles. The fraction of sp³-hybridized carbons (Fsp3) is 0.130. The summed E-state index contributed by atoms with van der Waals surface area (Å²) in [6, 6.07) is 51.9. The van der Waals surface area contributed by atoms with E-state index in [0.717, 1.165) is 68.6 Å². The van der Waals surface area contributed by atoms with Crippen LogP contribution >= 0.6 is 11.6 Å². The first-order valence-corrected chi connectivity index (χ1v) is 19.2. The van der Waals surface area contributed by atoms with Crippen LogP contribution in [0.4, 0.5) is 5.69 Å². The van der Waals surface area contributed by atoms with Crippen LogP contribution in [0.2, 0.25) is 5.02 Å². The molecule has 0 bridgehead atoms. The predicted molar refractivity (Wildman–Crippen MR) is 227 cm³/mol. The van der Waals surface area contributed by atoms with Gasteiger partial charge in [0.15, 0.2) is 5.82 Å². The molecule has 2 heterocycles. The lowest BCUT2D eigenvalue weighted by Gasteiger charge is -2.36. The van der Waals surface area contributed by atoms with Gasteiger partial charge in [0, 0.05) is 31.3 Å². The van der Waals surface area contributed by atoms with Crippen LogP contribution in [0.1, 0.15) is 41.4 Å². The average molecular weight is 767 g/mol. The highest BCUT2D eigenvalue weighted by Gasteiger charge is 2.42. The molecule has 0 radical (unpaired) electrons. The third kappa shape index (κ3) is 7.01. The minimum atomic E-state index is -0.876. The number of nitriles is 1. The van der Waals surface area contributed by atoms with Crippen LogP contribution in [0.15, 0.2) is 157 Å². The Labute approximate surface area is 336 Å². The van der Waals surface area contributed by atoms with E-state index in [1.54, 1.807) is 13.1 Å². The molecule has 10 nitrogen and oxygen atoms in total. The van der Waals surface area contributed by atoms with Crippen LogP contribution in [0.25, 0.3) is 33.5 Å². The van der Waals surface area contributed by atoms with Crippen molar-refractivity contribution in [1.29, 1.82) is 5.26 Å². The molecule has 8 rings (SSSR count). The number of fused-ring (bicyclic) bond motifs is 1. The van der Waals surface area contributed by atoms with Gasteiger partial charge in [-0.05, 0) is 62.4 Å². The van der Waals surface area contributed by atoms with Crippen molar-refractivity contribution in [1.82, 2.24) is 35.1 Å². The number of anilines is 1. The number of aliphatic imine (C=N–C) groups is 1. The summed E-state index contributed by atoms with van der Waals surface area (Å²) in [6.45, 7) is 2.73.